The highest BCUT2D eigenvalue weighted by Gasteiger charge is 2.06. The Morgan fingerprint density at radius 3 is 2.73 bits per heavy atom. The van der Waals surface area contributed by atoms with Gasteiger partial charge in [0.05, 0.1) is 6.04 Å². The zero-order chi connectivity index (χ0) is 8.69. The summed E-state index contributed by atoms with van der Waals surface area (Å²) in [6, 6.07) is -0.309. The second kappa shape index (κ2) is 5.85. The number of aldehydes is 1. The second-order valence-corrected chi connectivity index (χ2v) is 2.23. The van der Waals surface area contributed by atoms with Crippen molar-refractivity contribution in [3.8, 4) is 0 Å². The Balaban J connectivity index is 3.51. The van der Waals surface area contributed by atoms with E-state index < -0.39 is 5.97 Å². The van der Waals surface area contributed by atoms with Gasteiger partial charge in [-0.15, -0.1) is 0 Å². The molecule has 0 saturated carbocycles. The van der Waals surface area contributed by atoms with Gasteiger partial charge in [0.1, 0.15) is 6.29 Å². The van der Waals surface area contributed by atoms with Gasteiger partial charge in [0.15, 0.2) is 0 Å². The van der Waals surface area contributed by atoms with Gasteiger partial charge in [-0.2, -0.15) is 0 Å². The quantitative estimate of drug-likeness (QED) is 0.536. The molecular formula is C7H13NO3. The molecule has 0 fully saturated rings. The SMILES string of the molecule is CCNC(C=O)CCC(=O)O. The van der Waals surface area contributed by atoms with E-state index in [1.165, 1.54) is 0 Å². The molecule has 0 aromatic rings. The van der Waals surface area contributed by atoms with Crippen LogP contribution in [0.25, 0.3) is 0 Å². The molecule has 0 radical (unpaired) electrons. The molecule has 11 heavy (non-hydrogen) atoms. The molecule has 0 aromatic heterocycles. The highest BCUT2D eigenvalue weighted by molar-refractivity contribution is 5.68. The Bertz CT molecular complexity index is 136. The molecule has 4 heteroatoms. The average molecular weight is 159 g/mol. The van der Waals surface area contributed by atoms with E-state index in [0.29, 0.717) is 13.0 Å². The van der Waals surface area contributed by atoms with Gasteiger partial charge in [-0.1, -0.05) is 6.92 Å². The lowest BCUT2D eigenvalue weighted by molar-refractivity contribution is -0.137. The number of carbonyl (C=O) groups is 2. The number of carboxylic acid groups (broad SMARTS) is 1. The summed E-state index contributed by atoms with van der Waals surface area (Å²) in [4.78, 5) is 20.3. The molecule has 0 bridgehead atoms. The maximum atomic E-state index is 10.3. The van der Waals surface area contributed by atoms with Gasteiger partial charge < -0.3 is 15.2 Å². The minimum absolute atomic E-state index is 0.0381. The summed E-state index contributed by atoms with van der Waals surface area (Å²) in [6.07, 6.45) is 1.15. The maximum absolute atomic E-state index is 10.3. The summed E-state index contributed by atoms with van der Waals surface area (Å²) in [5, 5.41) is 11.1. The standard InChI is InChI=1S/C7H13NO3/c1-2-8-6(5-9)3-4-7(10)11/h5-6,8H,2-4H2,1H3,(H,10,11). The third-order valence-electron chi connectivity index (χ3n) is 1.30. The minimum Gasteiger partial charge on any atom is -0.481 e. The molecule has 0 saturated heterocycles. The number of aliphatic carboxylic acids is 1. The predicted octanol–water partition coefficient (Wildman–Crippen LogP) is 0.0282. The minimum atomic E-state index is -0.866. The van der Waals surface area contributed by atoms with Crippen LogP contribution in [-0.2, 0) is 9.59 Å². The second-order valence-electron chi connectivity index (χ2n) is 2.23. The molecule has 0 amide bonds. The number of rotatable bonds is 6. The summed E-state index contributed by atoms with van der Waals surface area (Å²) in [5.74, 6) is -0.866. The number of likely N-dealkylation sites (N-methyl/N-ethyl adjacent to an activating group) is 1. The lowest BCUT2D eigenvalue weighted by Gasteiger charge is -2.07. The first-order valence-electron chi connectivity index (χ1n) is 3.61. The van der Waals surface area contributed by atoms with Crippen molar-refractivity contribution in [1.82, 2.24) is 5.32 Å². The molecule has 0 aromatic carbocycles. The third kappa shape index (κ3) is 5.54. The van der Waals surface area contributed by atoms with Crippen LogP contribution in [0.4, 0.5) is 0 Å². The van der Waals surface area contributed by atoms with Crippen LogP contribution < -0.4 is 5.32 Å². The van der Waals surface area contributed by atoms with E-state index in [1.54, 1.807) is 0 Å². The number of carboxylic acids is 1. The van der Waals surface area contributed by atoms with Crippen molar-refractivity contribution in [2.24, 2.45) is 0 Å². The summed E-state index contributed by atoms with van der Waals surface area (Å²) in [6.45, 7) is 2.56. The van der Waals surface area contributed by atoms with Gasteiger partial charge >= 0.3 is 5.97 Å². The van der Waals surface area contributed by atoms with Gasteiger partial charge in [-0.3, -0.25) is 4.79 Å². The Morgan fingerprint density at radius 1 is 1.73 bits per heavy atom. The van der Waals surface area contributed by atoms with Crippen molar-refractivity contribution < 1.29 is 14.7 Å². The summed E-state index contributed by atoms with van der Waals surface area (Å²) >= 11 is 0. The zero-order valence-corrected chi connectivity index (χ0v) is 6.54. The molecule has 64 valence electrons. The Kier molecular flexibility index (Phi) is 5.37. The van der Waals surface area contributed by atoms with Gasteiger partial charge in [0.25, 0.3) is 0 Å². The average Bonchev–Trinajstić information content (AvgIpc) is 1.97. The molecule has 0 heterocycles. The molecule has 0 aliphatic carbocycles. The lowest BCUT2D eigenvalue weighted by Crippen LogP contribution is -2.30. The van der Waals surface area contributed by atoms with E-state index in [-0.39, 0.29) is 12.5 Å². The first kappa shape index (κ1) is 10.1. The first-order chi connectivity index (χ1) is 5.20. The van der Waals surface area contributed by atoms with Crippen molar-refractivity contribution in [3.05, 3.63) is 0 Å². The summed E-state index contributed by atoms with van der Waals surface area (Å²) in [7, 11) is 0. The molecule has 0 aliphatic heterocycles. The molecule has 0 spiro atoms. The largest absolute Gasteiger partial charge is 0.481 e. The van der Waals surface area contributed by atoms with E-state index in [1.807, 2.05) is 6.92 Å². The van der Waals surface area contributed by atoms with Crippen LogP contribution in [0, 0.1) is 0 Å². The van der Waals surface area contributed by atoms with Crippen molar-refractivity contribution in [1.29, 1.82) is 0 Å². The van der Waals surface area contributed by atoms with Gasteiger partial charge in [0, 0.05) is 6.42 Å². The van der Waals surface area contributed by atoms with E-state index in [0.717, 1.165) is 6.29 Å². The third-order valence-corrected chi connectivity index (χ3v) is 1.30. The van der Waals surface area contributed by atoms with Gasteiger partial charge in [-0.05, 0) is 13.0 Å². The first-order valence-corrected chi connectivity index (χ1v) is 3.61. The Hall–Kier alpha value is -0.900. The highest BCUT2D eigenvalue weighted by Crippen LogP contribution is 1.93. The van der Waals surface area contributed by atoms with E-state index in [9.17, 15) is 9.59 Å². The van der Waals surface area contributed by atoms with Crippen molar-refractivity contribution in [2.75, 3.05) is 6.54 Å². The fourth-order valence-corrected chi connectivity index (χ4v) is 0.759. The zero-order valence-electron chi connectivity index (χ0n) is 6.54. The molecule has 4 nitrogen and oxygen atoms in total. The van der Waals surface area contributed by atoms with Crippen LogP contribution in [0.3, 0.4) is 0 Å². The molecule has 2 N–H and O–H groups in total. The van der Waals surface area contributed by atoms with Gasteiger partial charge in [-0.25, -0.2) is 0 Å². The van der Waals surface area contributed by atoms with Crippen LogP contribution in [-0.4, -0.2) is 29.9 Å². The van der Waals surface area contributed by atoms with E-state index in [2.05, 4.69) is 5.32 Å². The van der Waals surface area contributed by atoms with Crippen LogP contribution >= 0.6 is 0 Å². The van der Waals surface area contributed by atoms with Crippen molar-refractivity contribution >= 4 is 12.3 Å². The predicted molar refractivity (Wildman–Crippen MR) is 40.4 cm³/mol. The number of hydrogen-bond donors (Lipinski definition) is 2. The molecule has 1 unspecified atom stereocenters. The van der Waals surface area contributed by atoms with Crippen LogP contribution in [0.2, 0.25) is 0 Å². The number of hydrogen-bond acceptors (Lipinski definition) is 3. The maximum Gasteiger partial charge on any atom is 0.303 e. The fraction of sp³-hybridized carbons (Fsp3) is 0.714. The van der Waals surface area contributed by atoms with E-state index >= 15 is 0 Å². The number of nitrogens with one attached hydrogen (secondary N) is 1. The number of carbonyl (C=O) groups excluding carboxylic acids is 1. The van der Waals surface area contributed by atoms with E-state index in [4.69, 9.17) is 5.11 Å². The van der Waals surface area contributed by atoms with Crippen LogP contribution in [0.15, 0.2) is 0 Å². The summed E-state index contributed by atoms with van der Waals surface area (Å²) in [5.41, 5.74) is 0. The lowest BCUT2D eigenvalue weighted by atomic mass is 10.2. The monoisotopic (exact) mass is 159 g/mol. The van der Waals surface area contributed by atoms with Crippen molar-refractivity contribution in [3.63, 3.8) is 0 Å². The molecule has 1 atom stereocenters. The molecular weight excluding hydrogens is 146 g/mol. The van der Waals surface area contributed by atoms with Crippen LogP contribution in [0.1, 0.15) is 19.8 Å². The van der Waals surface area contributed by atoms with Gasteiger partial charge in [0.2, 0.25) is 0 Å². The van der Waals surface area contributed by atoms with Crippen LogP contribution in [0.5, 0.6) is 0 Å². The highest BCUT2D eigenvalue weighted by atomic mass is 16.4. The normalized spacial score (nSPS) is 12.5. The Labute approximate surface area is 65.6 Å². The Morgan fingerprint density at radius 2 is 2.36 bits per heavy atom. The summed E-state index contributed by atoms with van der Waals surface area (Å²) < 4.78 is 0. The molecule has 0 aliphatic rings. The smallest absolute Gasteiger partial charge is 0.303 e. The fourth-order valence-electron chi connectivity index (χ4n) is 0.759. The van der Waals surface area contributed by atoms with Crippen molar-refractivity contribution in [2.45, 2.75) is 25.8 Å². The molecule has 0 rings (SSSR count). The topological polar surface area (TPSA) is 66.4 Å².